The predicted octanol–water partition coefficient (Wildman–Crippen LogP) is 5.07. The first-order valence-electron chi connectivity index (χ1n) is 10.2. The van der Waals surface area contributed by atoms with E-state index in [1.165, 1.54) is 0 Å². The minimum absolute atomic E-state index is 0.134. The number of allylic oxidation sites excluding steroid dienone is 1. The summed E-state index contributed by atoms with van der Waals surface area (Å²) in [5.74, 6) is 1.12. The van der Waals surface area contributed by atoms with Crippen LogP contribution in [0.3, 0.4) is 0 Å². The summed E-state index contributed by atoms with van der Waals surface area (Å²) in [4.78, 5) is 17.7. The summed E-state index contributed by atoms with van der Waals surface area (Å²) in [6.07, 6.45) is 4.85. The zero-order valence-corrected chi connectivity index (χ0v) is 16.8. The SMILES string of the molecule is COc1ccc([C@H]2CC(=O)C3=C(C2)Nc2ccccc2N[C@H]3c2cccnc2)cc1. The third-order valence-corrected chi connectivity index (χ3v) is 5.91. The number of para-hydroxylation sites is 2. The molecule has 2 aliphatic rings. The van der Waals surface area contributed by atoms with E-state index in [0.717, 1.165) is 45.9 Å². The molecule has 0 fully saturated rings. The summed E-state index contributed by atoms with van der Waals surface area (Å²) in [5.41, 5.74) is 5.90. The van der Waals surface area contributed by atoms with Crippen LogP contribution in [0.1, 0.15) is 35.9 Å². The number of rotatable bonds is 3. The van der Waals surface area contributed by atoms with Gasteiger partial charge in [0, 0.05) is 30.1 Å². The quantitative estimate of drug-likeness (QED) is 0.646. The molecule has 2 N–H and O–H groups in total. The lowest BCUT2D eigenvalue weighted by Gasteiger charge is -2.29. The molecule has 0 saturated heterocycles. The van der Waals surface area contributed by atoms with Gasteiger partial charge in [0.25, 0.3) is 0 Å². The largest absolute Gasteiger partial charge is 0.497 e. The molecule has 0 amide bonds. The minimum Gasteiger partial charge on any atom is -0.497 e. The number of benzene rings is 2. The van der Waals surface area contributed by atoms with Crippen LogP contribution < -0.4 is 15.4 Å². The van der Waals surface area contributed by atoms with Crippen molar-refractivity contribution in [3.63, 3.8) is 0 Å². The van der Waals surface area contributed by atoms with Crippen molar-refractivity contribution in [1.29, 1.82) is 0 Å². The Labute approximate surface area is 175 Å². The number of ether oxygens (including phenoxy) is 1. The van der Waals surface area contributed by atoms with E-state index in [9.17, 15) is 4.79 Å². The molecule has 1 aliphatic carbocycles. The molecule has 5 nitrogen and oxygen atoms in total. The summed E-state index contributed by atoms with van der Waals surface area (Å²) in [5, 5.41) is 7.14. The fraction of sp³-hybridized carbons (Fsp3) is 0.200. The second kappa shape index (κ2) is 7.67. The highest BCUT2D eigenvalue weighted by atomic mass is 16.5. The molecule has 5 rings (SSSR count). The Kier molecular flexibility index (Phi) is 4.71. The van der Waals surface area contributed by atoms with Crippen LogP contribution in [-0.2, 0) is 4.79 Å². The van der Waals surface area contributed by atoms with Crippen LogP contribution in [0.4, 0.5) is 11.4 Å². The molecule has 0 unspecified atom stereocenters. The van der Waals surface area contributed by atoms with Gasteiger partial charge in [0.2, 0.25) is 0 Å². The van der Waals surface area contributed by atoms with E-state index in [4.69, 9.17) is 4.74 Å². The Morgan fingerprint density at radius 1 is 0.933 bits per heavy atom. The van der Waals surface area contributed by atoms with Crippen LogP contribution in [0.2, 0.25) is 0 Å². The zero-order valence-electron chi connectivity index (χ0n) is 16.8. The standard InChI is InChI=1S/C25H23N3O2/c1-30-19-10-8-16(9-11-19)18-13-22-24(23(29)14-18)25(17-5-4-12-26-15-17)28-21-7-3-2-6-20(21)27-22/h2-12,15,18,25,27-28H,13-14H2,1H3/t18-,25+/m1/s1. The van der Waals surface area contributed by atoms with Gasteiger partial charge in [0.15, 0.2) is 5.78 Å². The number of carbonyl (C=O) groups excluding carboxylic acids is 1. The van der Waals surface area contributed by atoms with Gasteiger partial charge in [-0.2, -0.15) is 0 Å². The summed E-state index contributed by atoms with van der Waals surface area (Å²) in [6.45, 7) is 0. The maximum Gasteiger partial charge on any atom is 0.163 e. The number of nitrogens with one attached hydrogen (secondary N) is 2. The van der Waals surface area contributed by atoms with Gasteiger partial charge >= 0.3 is 0 Å². The van der Waals surface area contributed by atoms with E-state index in [-0.39, 0.29) is 17.7 Å². The van der Waals surface area contributed by atoms with Gasteiger partial charge in [0.1, 0.15) is 5.75 Å². The topological polar surface area (TPSA) is 63.2 Å². The second-order valence-corrected chi connectivity index (χ2v) is 7.73. The number of carbonyl (C=O) groups is 1. The maximum absolute atomic E-state index is 13.4. The first-order valence-corrected chi connectivity index (χ1v) is 10.2. The van der Waals surface area contributed by atoms with Gasteiger partial charge in [0.05, 0.1) is 24.5 Å². The third kappa shape index (κ3) is 3.32. The molecule has 0 saturated carbocycles. The smallest absolute Gasteiger partial charge is 0.163 e. The number of methoxy groups -OCH3 is 1. The maximum atomic E-state index is 13.4. The van der Waals surface area contributed by atoms with Crippen molar-refractivity contribution in [1.82, 2.24) is 4.98 Å². The van der Waals surface area contributed by atoms with Gasteiger partial charge in [-0.15, -0.1) is 0 Å². The fourth-order valence-electron chi connectivity index (χ4n) is 4.40. The zero-order chi connectivity index (χ0) is 20.5. The molecule has 3 aromatic rings. The predicted molar refractivity (Wildman–Crippen MR) is 118 cm³/mol. The van der Waals surface area contributed by atoms with Crippen LogP contribution in [0.25, 0.3) is 0 Å². The highest BCUT2D eigenvalue weighted by Gasteiger charge is 2.36. The number of pyridine rings is 1. The van der Waals surface area contributed by atoms with E-state index in [1.807, 2.05) is 54.7 Å². The van der Waals surface area contributed by atoms with Crippen molar-refractivity contribution in [3.05, 3.63) is 95.5 Å². The van der Waals surface area contributed by atoms with Gasteiger partial charge in [-0.25, -0.2) is 0 Å². The lowest BCUT2D eigenvalue weighted by Crippen LogP contribution is -2.26. The Hall–Kier alpha value is -3.60. The highest BCUT2D eigenvalue weighted by molar-refractivity contribution is 6.01. The Morgan fingerprint density at radius 2 is 1.73 bits per heavy atom. The number of aromatic nitrogens is 1. The van der Waals surface area contributed by atoms with E-state index in [1.54, 1.807) is 13.3 Å². The summed E-state index contributed by atoms with van der Waals surface area (Å²) < 4.78 is 5.28. The first kappa shape index (κ1) is 18.4. The molecule has 1 aromatic heterocycles. The molecule has 2 atom stereocenters. The highest BCUT2D eigenvalue weighted by Crippen LogP contribution is 2.44. The van der Waals surface area contributed by atoms with Crippen molar-refractivity contribution in [3.8, 4) is 5.75 Å². The Balaban J connectivity index is 1.57. The van der Waals surface area contributed by atoms with Crippen LogP contribution in [0.5, 0.6) is 5.75 Å². The molecule has 5 heteroatoms. The lowest BCUT2D eigenvalue weighted by atomic mass is 9.78. The van der Waals surface area contributed by atoms with Crippen LogP contribution in [-0.4, -0.2) is 17.9 Å². The molecule has 150 valence electrons. The average Bonchev–Trinajstić information content (AvgIpc) is 2.96. The molecule has 1 aliphatic heterocycles. The summed E-state index contributed by atoms with van der Waals surface area (Å²) >= 11 is 0. The molecule has 0 bridgehead atoms. The van der Waals surface area contributed by atoms with Gasteiger partial charge in [-0.3, -0.25) is 9.78 Å². The van der Waals surface area contributed by atoms with E-state index >= 15 is 0 Å². The molecule has 2 aromatic carbocycles. The molecule has 0 spiro atoms. The number of hydrogen-bond acceptors (Lipinski definition) is 5. The number of ketones is 1. The summed E-state index contributed by atoms with van der Waals surface area (Å²) in [6, 6.07) is 19.8. The van der Waals surface area contributed by atoms with Gasteiger partial charge in [-0.1, -0.05) is 30.3 Å². The molecule has 30 heavy (non-hydrogen) atoms. The Bertz CT molecular complexity index is 1110. The fourth-order valence-corrected chi connectivity index (χ4v) is 4.40. The molecular formula is C25H23N3O2. The van der Waals surface area contributed by atoms with Crippen molar-refractivity contribution in [2.75, 3.05) is 17.7 Å². The van der Waals surface area contributed by atoms with Crippen molar-refractivity contribution in [2.24, 2.45) is 0 Å². The van der Waals surface area contributed by atoms with E-state index < -0.39 is 0 Å². The first-order chi connectivity index (χ1) is 14.7. The number of Topliss-reactive ketones (excluding diaryl/α,β-unsaturated/α-hetero) is 1. The Morgan fingerprint density at radius 3 is 2.47 bits per heavy atom. The van der Waals surface area contributed by atoms with Crippen molar-refractivity contribution >= 4 is 17.2 Å². The normalized spacial score (nSPS) is 20.4. The van der Waals surface area contributed by atoms with Crippen LogP contribution >= 0.6 is 0 Å². The minimum atomic E-state index is -0.228. The third-order valence-electron chi connectivity index (χ3n) is 5.91. The molecular weight excluding hydrogens is 374 g/mol. The monoisotopic (exact) mass is 397 g/mol. The van der Waals surface area contributed by atoms with E-state index in [0.29, 0.717) is 6.42 Å². The van der Waals surface area contributed by atoms with Crippen molar-refractivity contribution in [2.45, 2.75) is 24.8 Å². The second-order valence-electron chi connectivity index (χ2n) is 7.73. The van der Waals surface area contributed by atoms with E-state index in [2.05, 4.69) is 27.8 Å². The van der Waals surface area contributed by atoms with Crippen LogP contribution in [0.15, 0.2) is 84.3 Å². The number of hydrogen-bond donors (Lipinski definition) is 2. The van der Waals surface area contributed by atoms with Gasteiger partial charge in [-0.05, 0) is 53.8 Å². The summed E-state index contributed by atoms with van der Waals surface area (Å²) in [7, 11) is 1.66. The van der Waals surface area contributed by atoms with Crippen molar-refractivity contribution < 1.29 is 9.53 Å². The number of anilines is 2. The van der Waals surface area contributed by atoms with Crippen LogP contribution in [0, 0.1) is 0 Å². The molecule has 0 radical (unpaired) electrons. The van der Waals surface area contributed by atoms with Gasteiger partial charge < -0.3 is 15.4 Å². The lowest BCUT2D eigenvalue weighted by molar-refractivity contribution is -0.116. The number of nitrogens with zero attached hydrogens (tertiary/aromatic N) is 1. The molecule has 2 heterocycles. The average molecular weight is 397 g/mol. The number of fused-ring (bicyclic) bond motifs is 1.